The van der Waals surface area contributed by atoms with E-state index in [0.29, 0.717) is 39.6 Å². The third kappa shape index (κ3) is 12.2. The third-order valence-electron chi connectivity index (χ3n) is 5.06. The number of benzene rings is 1. The van der Waals surface area contributed by atoms with Crippen LogP contribution in [0.2, 0.25) is 0 Å². The Bertz CT molecular complexity index is 996. The fraction of sp³-hybridized carbons (Fsp3) is 0.560. The van der Waals surface area contributed by atoms with E-state index in [-0.39, 0.29) is 58.0 Å². The van der Waals surface area contributed by atoms with Crippen LogP contribution in [0.25, 0.3) is 0 Å². The molecular formula is C25H30F5NO10. The molecule has 0 unspecified atom stereocenters. The van der Waals surface area contributed by atoms with Gasteiger partial charge in [-0.3, -0.25) is 19.3 Å². The largest absolute Gasteiger partial charge is 0.420 e. The molecule has 2 rings (SSSR count). The predicted octanol–water partition coefficient (Wildman–Crippen LogP) is 1.70. The molecule has 0 bridgehead atoms. The highest BCUT2D eigenvalue weighted by Gasteiger charge is 2.28. The lowest BCUT2D eigenvalue weighted by Crippen LogP contribution is -2.33. The summed E-state index contributed by atoms with van der Waals surface area (Å²) in [7, 11) is 0. The second-order valence-corrected chi connectivity index (χ2v) is 7.96. The molecule has 1 heterocycles. The van der Waals surface area contributed by atoms with Crippen molar-refractivity contribution in [2.24, 2.45) is 0 Å². The molecule has 1 aromatic rings. The zero-order valence-corrected chi connectivity index (χ0v) is 22.0. The van der Waals surface area contributed by atoms with E-state index in [9.17, 15) is 36.3 Å². The lowest BCUT2D eigenvalue weighted by Gasteiger charge is -2.13. The van der Waals surface area contributed by atoms with Crippen molar-refractivity contribution in [3.8, 4) is 5.75 Å². The van der Waals surface area contributed by atoms with Gasteiger partial charge in [0.25, 0.3) is 11.8 Å². The van der Waals surface area contributed by atoms with Crippen LogP contribution < -0.4 is 4.74 Å². The van der Waals surface area contributed by atoms with Crippen molar-refractivity contribution >= 4 is 17.8 Å². The molecule has 1 aliphatic heterocycles. The number of ether oxygens (including phenoxy) is 7. The molecule has 1 aliphatic rings. The molecule has 230 valence electrons. The molecule has 0 spiro atoms. The molecule has 0 saturated carbocycles. The van der Waals surface area contributed by atoms with Gasteiger partial charge in [-0.15, -0.1) is 0 Å². The number of imide groups is 1. The zero-order valence-electron chi connectivity index (χ0n) is 22.0. The fourth-order valence-corrected chi connectivity index (χ4v) is 3.00. The minimum atomic E-state index is -2.35. The number of esters is 1. The van der Waals surface area contributed by atoms with Crippen LogP contribution in [0.4, 0.5) is 22.0 Å². The first-order chi connectivity index (χ1) is 19.7. The number of hydrogen-bond donors (Lipinski definition) is 0. The summed E-state index contributed by atoms with van der Waals surface area (Å²) >= 11 is 0. The monoisotopic (exact) mass is 599 g/mol. The van der Waals surface area contributed by atoms with Crippen LogP contribution in [0.5, 0.6) is 5.75 Å². The van der Waals surface area contributed by atoms with E-state index in [1.165, 1.54) is 12.2 Å². The number of amides is 2. The van der Waals surface area contributed by atoms with E-state index in [1.54, 1.807) is 0 Å². The quantitative estimate of drug-likeness (QED) is 0.0371. The van der Waals surface area contributed by atoms with Gasteiger partial charge in [0.1, 0.15) is 0 Å². The van der Waals surface area contributed by atoms with E-state index in [4.69, 9.17) is 28.4 Å². The minimum absolute atomic E-state index is 0.0687. The molecule has 2 amide bonds. The minimum Gasteiger partial charge on any atom is -0.420 e. The van der Waals surface area contributed by atoms with Crippen molar-refractivity contribution in [1.29, 1.82) is 0 Å². The highest BCUT2D eigenvalue weighted by molar-refractivity contribution is 6.12. The van der Waals surface area contributed by atoms with Crippen LogP contribution in [0.15, 0.2) is 12.2 Å². The number of rotatable bonds is 22. The Morgan fingerprint density at radius 2 is 0.878 bits per heavy atom. The van der Waals surface area contributed by atoms with Crippen LogP contribution >= 0.6 is 0 Å². The average molecular weight is 600 g/mol. The molecule has 41 heavy (non-hydrogen) atoms. The van der Waals surface area contributed by atoms with Crippen LogP contribution in [-0.4, -0.2) is 109 Å². The van der Waals surface area contributed by atoms with Gasteiger partial charge in [0.05, 0.1) is 92.2 Å². The highest BCUT2D eigenvalue weighted by Crippen LogP contribution is 2.29. The first-order valence-electron chi connectivity index (χ1n) is 12.5. The molecule has 0 radical (unpaired) electrons. The maximum absolute atomic E-state index is 13.5. The zero-order chi connectivity index (χ0) is 30.0. The second-order valence-electron chi connectivity index (χ2n) is 7.96. The Morgan fingerprint density at radius 1 is 0.537 bits per heavy atom. The van der Waals surface area contributed by atoms with Crippen molar-refractivity contribution < 1.29 is 69.5 Å². The lowest BCUT2D eigenvalue weighted by molar-refractivity contribution is -0.138. The topological polar surface area (TPSA) is 119 Å². The number of carbonyl (C=O) groups is 3. The number of nitrogens with zero attached hydrogens (tertiary/aromatic N) is 1. The first-order valence-corrected chi connectivity index (χ1v) is 12.5. The van der Waals surface area contributed by atoms with Gasteiger partial charge in [-0.2, -0.15) is 8.78 Å². The Hall–Kier alpha value is -3.02. The van der Waals surface area contributed by atoms with Crippen molar-refractivity contribution in [1.82, 2.24) is 4.90 Å². The lowest BCUT2D eigenvalue weighted by atomic mass is 10.2. The normalized spacial score (nSPS) is 13.0. The summed E-state index contributed by atoms with van der Waals surface area (Å²) in [5.74, 6) is -14.9. The van der Waals surface area contributed by atoms with Crippen molar-refractivity contribution in [2.45, 2.75) is 6.42 Å². The van der Waals surface area contributed by atoms with Crippen molar-refractivity contribution in [3.63, 3.8) is 0 Å². The SMILES string of the molecule is O=C(CCOCCOCCOCCOCCOCCOCCN1C(=O)C=CC1=O)Oc1c(F)c(F)c(F)c(F)c1F. The number of carbonyl (C=O) groups excluding carboxylic acids is 3. The summed E-state index contributed by atoms with van der Waals surface area (Å²) < 4.78 is 102. The van der Waals surface area contributed by atoms with Gasteiger partial charge in [-0.1, -0.05) is 0 Å². The van der Waals surface area contributed by atoms with Crippen molar-refractivity contribution in [2.75, 3.05) is 85.8 Å². The molecule has 1 aromatic carbocycles. The third-order valence-corrected chi connectivity index (χ3v) is 5.06. The van der Waals surface area contributed by atoms with Gasteiger partial charge in [0.2, 0.25) is 34.8 Å². The van der Waals surface area contributed by atoms with E-state index in [1.807, 2.05) is 0 Å². The summed E-state index contributed by atoms with van der Waals surface area (Å²) in [6.45, 7) is 2.98. The summed E-state index contributed by atoms with van der Waals surface area (Å²) in [5, 5.41) is 0. The predicted molar refractivity (Wildman–Crippen MR) is 127 cm³/mol. The van der Waals surface area contributed by atoms with E-state index < -0.39 is 47.2 Å². The second kappa shape index (κ2) is 19.2. The Kier molecular flexibility index (Phi) is 16.0. The molecular weight excluding hydrogens is 569 g/mol. The smallest absolute Gasteiger partial charge is 0.313 e. The molecule has 0 N–H and O–H groups in total. The van der Waals surface area contributed by atoms with Gasteiger partial charge in [0.15, 0.2) is 0 Å². The van der Waals surface area contributed by atoms with Crippen LogP contribution in [0.3, 0.4) is 0 Å². The Balaban J connectivity index is 1.32. The molecule has 11 nitrogen and oxygen atoms in total. The number of halogens is 5. The number of hydrogen-bond acceptors (Lipinski definition) is 10. The van der Waals surface area contributed by atoms with Gasteiger partial charge in [0, 0.05) is 12.2 Å². The fourth-order valence-electron chi connectivity index (χ4n) is 3.00. The highest BCUT2D eigenvalue weighted by atomic mass is 19.2. The Labute approximate surface area is 232 Å². The Morgan fingerprint density at radius 3 is 1.29 bits per heavy atom. The molecule has 0 aliphatic carbocycles. The van der Waals surface area contributed by atoms with Gasteiger partial charge in [-0.25, -0.2) is 13.2 Å². The average Bonchev–Trinajstić information content (AvgIpc) is 3.28. The van der Waals surface area contributed by atoms with E-state index in [2.05, 4.69) is 4.74 Å². The van der Waals surface area contributed by atoms with E-state index >= 15 is 0 Å². The first kappa shape index (κ1) is 34.2. The van der Waals surface area contributed by atoms with Gasteiger partial charge >= 0.3 is 5.97 Å². The molecule has 0 saturated heterocycles. The van der Waals surface area contributed by atoms with Crippen LogP contribution in [-0.2, 0) is 42.8 Å². The standard InChI is InChI=1S/C25H30F5NO10/c26-20-21(27)23(29)25(24(30)22(20)28)41-19(34)3-5-35-7-9-37-11-13-39-15-16-40-14-12-38-10-8-36-6-4-31-17(32)1-2-18(31)33/h1-2H,3-16H2. The summed E-state index contributed by atoms with van der Waals surface area (Å²) in [6.07, 6.45) is 1.94. The summed E-state index contributed by atoms with van der Waals surface area (Å²) in [6, 6.07) is 0. The van der Waals surface area contributed by atoms with Gasteiger partial charge < -0.3 is 33.2 Å². The van der Waals surface area contributed by atoms with E-state index in [0.717, 1.165) is 4.90 Å². The molecule has 0 fully saturated rings. The molecule has 16 heteroatoms. The van der Waals surface area contributed by atoms with Crippen LogP contribution in [0.1, 0.15) is 6.42 Å². The summed E-state index contributed by atoms with van der Waals surface area (Å²) in [5.41, 5.74) is 0. The molecule has 0 aromatic heterocycles. The van der Waals surface area contributed by atoms with Crippen LogP contribution in [0, 0.1) is 29.1 Å². The van der Waals surface area contributed by atoms with Gasteiger partial charge in [-0.05, 0) is 0 Å². The maximum atomic E-state index is 13.5. The maximum Gasteiger partial charge on any atom is 0.313 e. The van der Waals surface area contributed by atoms with Crippen molar-refractivity contribution in [3.05, 3.63) is 41.2 Å². The molecule has 0 atom stereocenters. The summed E-state index contributed by atoms with van der Waals surface area (Å²) in [4.78, 5) is 35.4.